The Morgan fingerprint density at radius 1 is 1.08 bits per heavy atom. The summed E-state index contributed by atoms with van der Waals surface area (Å²) < 4.78 is 5.30. The monoisotopic (exact) mass is 322 g/mol. The number of hydrogen-bond acceptors (Lipinski definition) is 5. The van der Waals surface area contributed by atoms with E-state index >= 15 is 0 Å². The van der Waals surface area contributed by atoms with Crippen molar-refractivity contribution in [1.82, 2.24) is 20.4 Å². The highest BCUT2D eigenvalue weighted by atomic mass is 16.5. The summed E-state index contributed by atoms with van der Waals surface area (Å²) in [5.41, 5.74) is 2.25. The lowest BCUT2D eigenvalue weighted by Gasteiger charge is -2.12. The SMILES string of the molecule is C[C@H](CCc1ccccc1)NCCc1nc(-c2cccnc2)no1. The van der Waals surface area contributed by atoms with Gasteiger partial charge in [0.1, 0.15) is 0 Å². The third-order valence-electron chi connectivity index (χ3n) is 3.93. The topological polar surface area (TPSA) is 63.8 Å². The first-order chi connectivity index (χ1) is 11.8. The normalized spacial score (nSPS) is 12.2. The van der Waals surface area contributed by atoms with Crippen LogP contribution in [-0.2, 0) is 12.8 Å². The second-order valence-electron chi connectivity index (χ2n) is 5.88. The highest BCUT2D eigenvalue weighted by molar-refractivity contribution is 5.51. The second kappa shape index (κ2) is 8.36. The molecule has 0 aliphatic heterocycles. The molecule has 0 unspecified atom stereocenters. The average molecular weight is 322 g/mol. The molecule has 0 bridgehead atoms. The van der Waals surface area contributed by atoms with Crippen molar-refractivity contribution in [1.29, 1.82) is 0 Å². The maximum atomic E-state index is 5.30. The van der Waals surface area contributed by atoms with E-state index in [1.54, 1.807) is 12.4 Å². The van der Waals surface area contributed by atoms with Crippen LogP contribution in [0.25, 0.3) is 11.4 Å². The van der Waals surface area contributed by atoms with E-state index in [0.29, 0.717) is 17.8 Å². The van der Waals surface area contributed by atoms with E-state index in [9.17, 15) is 0 Å². The number of nitrogens with one attached hydrogen (secondary N) is 1. The van der Waals surface area contributed by atoms with Gasteiger partial charge in [-0.25, -0.2) is 0 Å². The van der Waals surface area contributed by atoms with E-state index in [1.165, 1.54) is 5.56 Å². The highest BCUT2D eigenvalue weighted by Gasteiger charge is 2.09. The standard InChI is InChI=1S/C19H22N4O/c1-15(9-10-16-6-3-2-4-7-16)21-13-11-18-22-19(23-24-18)17-8-5-12-20-14-17/h2-8,12,14-15,21H,9-11,13H2,1H3/t15-/m1/s1. The zero-order valence-corrected chi connectivity index (χ0v) is 13.9. The van der Waals surface area contributed by atoms with Gasteiger partial charge < -0.3 is 9.84 Å². The third kappa shape index (κ3) is 4.73. The second-order valence-corrected chi connectivity index (χ2v) is 5.88. The van der Waals surface area contributed by atoms with Gasteiger partial charge >= 0.3 is 0 Å². The summed E-state index contributed by atoms with van der Waals surface area (Å²) in [6, 6.07) is 14.8. The minimum Gasteiger partial charge on any atom is -0.339 e. The fourth-order valence-corrected chi connectivity index (χ4v) is 2.52. The van der Waals surface area contributed by atoms with Crippen molar-refractivity contribution in [2.24, 2.45) is 0 Å². The summed E-state index contributed by atoms with van der Waals surface area (Å²) in [5, 5.41) is 7.52. The van der Waals surface area contributed by atoms with Gasteiger partial charge in [0.25, 0.3) is 0 Å². The van der Waals surface area contributed by atoms with Gasteiger partial charge in [-0.05, 0) is 37.5 Å². The largest absolute Gasteiger partial charge is 0.339 e. The molecular formula is C19H22N4O. The van der Waals surface area contributed by atoms with E-state index in [0.717, 1.165) is 31.4 Å². The molecule has 1 aromatic carbocycles. The summed E-state index contributed by atoms with van der Waals surface area (Å²) in [6.07, 6.45) is 6.38. The van der Waals surface area contributed by atoms with Crippen molar-refractivity contribution in [3.8, 4) is 11.4 Å². The zero-order chi connectivity index (χ0) is 16.6. The molecule has 2 heterocycles. The maximum Gasteiger partial charge on any atom is 0.228 e. The van der Waals surface area contributed by atoms with Gasteiger partial charge in [0.05, 0.1) is 0 Å². The van der Waals surface area contributed by atoms with Crippen molar-refractivity contribution in [2.45, 2.75) is 32.2 Å². The summed E-state index contributed by atoms with van der Waals surface area (Å²) in [7, 11) is 0. The van der Waals surface area contributed by atoms with Gasteiger partial charge in [-0.1, -0.05) is 35.5 Å². The van der Waals surface area contributed by atoms with E-state index in [1.807, 2.05) is 12.1 Å². The molecule has 1 atom stereocenters. The third-order valence-corrected chi connectivity index (χ3v) is 3.93. The summed E-state index contributed by atoms with van der Waals surface area (Å²) in [4.78, 5) is 8.48. The molecular weight excluding hydrogens is 300 g/mol. The summed E-state index contributed by atoms with van der Waals surface area (Å²) >= 11 is 0. The molecule has 24 heavy (non-hydrogen) atoms. The number of rotatable bonds is 8. The predicted molar refractivity (Wildman–Crippen MR) is 93.5 cm³/mol. The Morgan fingerprint density at radius 2 is 1.96 bits per heavy atom. The molecule has 5 heteroatoms. The number of hydrogen-bond donors (Lipinski definition) is 1. The van der Waals surface area contributed by atoms with Gasteiger partial charge in [0.2, 0.25) is 11.7 Å². The van der Waals surface area contributed by atoms with Crippen LogP contribution in [0.2, 0.25) is 0 Å². The molecule has 0 saturated heterocycles. The quantitative estimate of drug-likeness (QED) is 0.689. The lowest BCUT2D eigenvalue weighted by molar-refractivity contribution is 0.372. The fraction of sp³-hybridized carbons (Fsp3) is 0.316. The summed E-state index contributed by atoms with van der Waals surface area (Å²) in [5.74, 6) is 1.24. The Balaban J connectivity index is 1.41. The fourth-order valence-electron chi connectivity index (χ4n) is 2.52. The Bertz CT molecular complexity index is 727. The number of aryl methyl sites for hydroxylation is 1. The lowest BCUT2D eigenvalue weighted by atomic mass is 10.1. The van der Waals surface area contributed by atoms with E-state index in [4.69, 9.17) is 4.52 Å². The van der Waals surface area contributed by atoms with Crippen LogP contribution in [0.3, 0.4) is 0 Å². The molecule has 3 aromatic rings. The van der Waals surface area contributed by atoms with Crippen LogP contribution in [0.4, 0.5) is 0 Å². The molecule has 0 amide bonds. The van der Waals surface area contributed by atoms with Crippen LogP contribution >= 0.6 is 0 Å². The molecule has 2 aromatic heterocycles. The first-order valence-corrected chi connectivity index (χ1v) is 8.31. The minimum absolute atomic E-state index is 0.450. The number of nitrogens with zero attached hydrogens (tertiary/aromatic N) is 3. The first-order valence-electron chi connectivity index (χ1n) is 8.31. The van der Waals surface area contributed by atoms with Crippen LogP contribution in [0.15, 0.2) is 59.4 Å². The van der Waals surface area contributed by atoms with Crippen LogP contribution in [-0.4, -0.2) is 27.7 Å². The van der Waals surface area contributed by atoms with Crippen molar-refractivity contribution in [3.05, 3.63) is 66.3 Å². The molecule has 3 rings (SSSR count). The molecule has 0 radical (unpaired) electrons. The van der Waals surface area contributed by atoms with E-state index in [2.05, 4.69) is 57.7 Å². The maximum absolute atomic E-state index is 5.30. The molecule has 0 fully saturated rings. The Kier molecular flexibility index (Phi) is 5.69. The number of aromatic nitrogens is 3. The molecule has 0 saturated carbocycles. The molecule has 1 N–H and O–H groups in total. The molecule has 0 aliphatic carbocycles. The van der Waals surface area contributed by atoms with Crippen LogP contribution in [0.5, 0.6) is 0 Å². The molecule has 0 aliphatic rings. The highest BCUT2D eigenvalue weighted by Crippen LogP contribution is 2.13. The first kappa shape index (κ1) is 16.3. The van der Waals surface area contributed by atoms with Crippen LogP contribution in [0.1, 0.15) is 24.8 Å². The number of pyridine rings is 1. The van der Waals surface area contributed by atoms with Gasteiger partial charge in [0.15, 0.2) is 0 Å². The Labute approximate surface area is 142 Å². The van der Waals surface area contributed by atoms with Crippen LogP contribution < -0.4 is 5.32 Å². The minimum atomic E-state index is 0.450. The lowest BCUT2D eigenvalue weighted by Crippen LogP contribution is -2.28. The Morgan fingerprint density at radius 3 is 2.75 bits per heavy atom. The van der Waals surface area contributed by atoms with E-state index in [-0.39, 0.29) is 0 Å². The van der Waals surface area contributed by atoms with Crippen molar-refractivity contribution in [2.75, 3.05) is 6.54 Å². The van der Waals surface area contributed by atoms with Gasteiger partial charge in [-0.15, -0.1) is 0 Å². The summed E-state index contributed by atoms with van der Waals surface area (Å²) in [6.45, 7) is 3.03. The Hall–Kier alpha value is -2.53. The number of benzene rings is 1. The molecule has 5 nitrogen and oxygen atoms in total. The van der Waals surface area contributed by atoms with Crippen molar-refractivity contribution < 1.29 is 4.52 Å². The molecule has 124 valence electrons. The van der Waals surface area contributed by atoms with Gasteiger partial charge in [0, 0.05) is 37.0 Å². The van der Waals surface area contributed by atoms with E-state index < -0.39 is 0 Å². The predicted octanol–water partition coefficient (Wildman–Crippen LogP) is 3.29. The van der Waals surface area contributed by atoms with Crippen molar-refractivity contribution >= 4 is 0 Å². The molecule has 0 spiro atoms. The zero-order valence-electron chi connectivity index (χ0n) is 13.9. The van der Waals surface area contributed by atoms with Gasteiger partial charge in [-0.2, -0.15) is 4.98 Å². The average Bonchev–Trinajstić information content (AvgIpc) is 3.11. The van der Waals surface area contributed by atoms with Gasteiger partial charge in [-0.3, -0.25) is 4.98 Å². The smallest absolute Gasteiger partial charge is 0.228 e. The van der Waals surface area contributed by atoms with Crippen LogP contribution in [0, 0.1) is 0 Å². The van der Waals surface area contributed by atoms with Crippen molar-refractivity contribution in [3.63, 3.8) is 0 Å².